The lowest BCUT2D eigenvalue weighted by Gasteiger charge is -2.19. The van der Waals surface area contributed by atoms with Gasteiger partial charge in [-0.2, -0.15) is 0 Å². The highest BCUT2D eigenvalue weighted by Crippen LogP contribution is 2.32. The van der Waals surface area contributed by atoms with Crippen molar-refractivity contribution in [3.05, 3.63) is 78.1 Å². The zero-order valence-corrected chi connectivity index (χ0v) is 21.7. The van der Waals surface area contributed by atoms with Crippen LogP contribution in [0.4, 0.5) is 0 Å². The van der Waals surface area contributed by atoms with Crippen LogP contribution in [0.15, 0.2) is 71.9 Å². The van der Waals surface area contributed by atoms with Gasteiger partial charge in [0.2, 0.25) is 5.91 Å². The number of aliphatic imine (C=N–C) groups is 1. The van der Waals surface area contributed by atoms with Crippen molar-refractivity contribution >= 4 is 28.8 Å². The average Bonchev–Trinajstić information content (AvgIpc) is 3.31. The Morgan fingerprint density at radius 3 is 2.54 bits per heavy atom. The maximum Gasteiger partial charge on any atom is 0.251 e. The minimum atomic E-state index is -0.709. The number of ether oxygens (including phenoxy) is 1. The Balaban J connectivity index is 1.66. The third-order valence-electron chi connectivity index (χ3n) is 6.26. The Morgan fingerprint density at radius 1 is 1.08 bits per heavy atom. The van der Waals surface area contributed by atoms with E-state index in [0.717, 1.165) is 11.3 Å². The van der Waals surface area contributed by atoms with Gasteiger partial charge >= 0.3 is 0 Å². The third-order valence-corrected chi connectivity index (χ3v) is 6.26. The number of pyridine rings is 1. The van der Waals surface area contributed by atoms with E-state index in [-0.39, 0.29) is 11.9 Å². The van der Waals surface area contributed by atoms with Gasteiger partial charge in [-0.3, -0.25) is 19.6 Å². The summed E-state index contributed by atoms with van der Waals surface area (Å²) in [5, 5.41) is 2.93. The second kappa shape index (κ2) is 12.5. The van der Waals surface area contributed by atoms with E-state index in [4.69, 9.17) is 26.9 Å². The normalized spacial score (nSPS) is 11.6. The second-order valence-electron chi connectivity index (χ2n) is 8.93. The highest BCUT2D eigenvalue weighted by atomic mass is 16.5. The molecule has 0 saturated heterocycles. The minimum Gasteiger partial charge on any atom is -0.497 e. The van der Waals surface area contributed by atoms with Gasteiger partial charge in [0.05, 0.1) is 18.1 Å². The van der Waals surface area contributed by atoms with Gasteiger partial charge < -0.3 is 31.8 Å². The van der Waals surface area contributed by atoms with Crippen LogP contribution in [0.3, 0.4) is 0 Å². The molecule has 0 aliphatic carbocycles. The van der Waals surface area contributed by atoms with Gasteiger partial charge in [0, 0.05) is 42.5 Å². The zero-order chi connectivity index (χ0) is 27.8. The van der Waals surface area contributed by atoms with Gasteiger partial charge in [-0.05, 0) is 67.4 Å². The average molecular weight is 529 g/mol. The Hall–Kier alpha value is -4.93. The number of nitrogens with zero attached hydrogens (tertiary/aromatic N) is 4. The molecular formula is C28H32N8O3. The number of nitrogens with two attached hydrogens (primary N) is 3. The number of carbonyl (C=O) groups is 2. The molecule has 2 heterocycles. The van der Waals surface area contributed by atoms with Crippen molar-refractivity contribution in [3.63, 3.8) is 0 Å². The van der Waals surface area contributed by atoms with E-state index in [1.807, 2.05) is 47.0 Å². The number of nitrogens with one attached hydrogen (secondary N) is 1. The van der Waals surface area contributed by atoms with Crippen molar-refractivity contribution in [2.45, 2.75) is 25.3 Å². The van der Waals surface area contributed by atoms with Crippen LogP contribution < -0.4 is 27.3 Å². The number of hydrogen-bond acceptors (Lipinski definition) is 6. The summed E-state index contributed by atoms with van der Waals surface area (Å²) in [6.07, 6.45) is 3.27. The summed E-state index contributed by atoms with van der Waals surface area (Å²) in [5.41, 5.74) is 20.1. The molecule has 0 aliphatic rings. The number of amides is 2. The fourth-order valence-corrected chi connectivity index (χ4v) is 4.34. The molecule has 0 unspecified atom stereocenters. The van der Waals surface area contributed by atoms with E-state index in [9.17, 15) is 9.59 Å². The number of benzene rings is 2. The molecular weight excluding hydrogens is 496 g/mol. The fraction of sp³-hybridized carbons (Fsp3) is 0.250. The molecule has 0 aliphatic heterocycles. The topological polar surface area (TPSA) is 177 Å². The van der Waals surface area contributed by atoms with E-state index in [2.05, 4.69) is 15.3 Å². The van der Waals surface area contributed by atoms with E-state index < -0.39 is 11.9 Å². The summed E-state index contributed by atoms with van der Waals surface area (Å²) in [6.45, 7) is 0.804. The largest absolute Gasteiger partial charge is 0.497 e. The molecule has 2 amide bonds. The van der Waals surface area contributed by atoms with Crippen molar-refractivity contribution in [2.75, 3.05) is 20.2 Å². The van der Waals surface area contributed by atoms with Gasteiger partial charge in [0.25, 0.3) is 5.91 Å². The summed E-state index contributed by atoms with van der Waals surface area (Å²) >= 11 is 0. The van der Waals surface area contributed by atoms with Crippen LogP contribution in [0, 0.1) is 0 Å². The van der Waals surface area contributed by atoms with Crippen molar-refractivity contribution in [1.82, 2.24) is 19.9 Å². The molecule has 0 bridgehead atoms. The molecule has 202 valence electrons. The molecule has 0 spiro atoms. The zero-order valence-electron chi connectivity index (χ0n) is 21.7. The Bertz CT molecular complexity index is 1460. The Labute approximate surface area is 226 Å². The number of primary amides is 1. The molecule has 0 fully saturated rings. The predicted molar refractivity (Wildman–Crippen MR) is 150 cm³/mol. The maximum absolute atomic E-state index is 12.9. The number of aromatic nitrogens is 3. The smallest absolute Gasteiger partial charge is 0.251 e. The molecule has 4 rings (SSSR count). The number of imidazole rings is 1. The minimum absolute atomic E-state index is 0.0107. The van der Waals surface area contributed by atoms with Crippen LogP contribution in [0.1, 0.15) is 34.9 Å². The Kier molecular flexibility index (Phi) is 8.72. The summed E-state index contributed by atoms with van der Waals surface area (Å²) in [4.78, 5) is 38.7. The first-order chi connectivity index (χ1) is 18.9. The van der Waals surface area contributed by atoms with E-state index in [1.54, 1.807) is 31.5 Å². The van der Waals surface area contributed by atoms with E-state index in [1.165, 1.54) is 0 Å². The molecule has 11 nitrogen and oxygen atoms in total. The predicted octanol–water partition coefficient (Wildman–Crippen LogP) is 2.16. The van der Waals surface area contributed by atoms with Crippen LogP contribution in [-0.2, 0) is 11.2 Å². The van der Waals surface area contributed by atoms with Crippen LogP contribution in [-0.4, -0.2) is 52.5 Å². The lowest BCUT2D eigenvalue weighted by atomic mass is 10.1. The number of carbonyl (C=O) groups excluding carboxylic acids is 2. The quantitative estimate of drug-likeness (QED) is 0.124. The van der Waals surface area contributed by atoms with Crippen molar-refractivity contribution < 1.29 is 14.3 Å². The molecule has 1 atom stereocenters. The molecule has 0 saturated carbocycles. The number of guanidine groups is 1. The van der Waals surface area contributed by atoms with Crippen molar-refractivity contribution in [3.8, 4) is 17.1 Å². The van der Waals surface area contributed by atoms with Gasteiger partial charge in [0.1, 0.15) is 17.6 Å². The highest BCUT2D eigenvalue weighted by Gasteiger charge is 2.25. The van der Waals surface area contributed by atoms with Gasteiger partial charge in [0.15, 0.2) is 5.96 Å². The monoisotopic (exact) mass is 528 g/mol. The number of methoxy groups -OCH3 is 1. The van der Waals surface area contributed by atoms with E-state index >= 15 is 0 Å². The lowest BCUT2D eigenvalue weighted by molar-refractivity contribution is -0.121. The standard InChI is InChI=1S/C28H32N8O3/c1-39-21-10-7-18(8-11-21)26-35-22-17-19(27(38)33-16-13-20-5-2-3-14-32-20)9-12-23(22)36(26)24(25(29)37)6-4-15-34-28(30)31/h2-3,5,7-12,14,17,24H,4,6,13,15-16H2,1H3,(H2,29,37)(H,33,38)(H4,30,31,34)/t24-/m1/s1. The molecule has 39 heavy (non-hydrogen) atoms. The molecule has 4 aromatic rings. The highest BCUT2D eigenvalue weighted by molar-refractivity contribution is 5.98. The first-order valence-electron chi connectivity index (χ1n) is 12.6. The molecule has 2 aromatic carbocycles. The molecule has 0 radical (unpaired) electrons. The number of rotatable bonds is 12. The number of fused-ring (bicyclic) bond motifs is 1. The molecule has 11 heteroatoms. The van der Waals surface area contributed by atoms with Crippen molar-refractivity contribution in [2.24, 2.45) is 22.2 Å². The first kappa shape index (κ1) is 27.1. The van der Waals surface area contributed by atoms with Gasteiger partial charge in [-0.25, -0.2) is 4.98 Å². The summed E-state index contributed by atoms with van der Waals surface area (Å²) in [5.74, 6) is 0.492. The second-order valence-corrected chi connectivity index (χ2v) is 8.93. The van der Waals surface area contributed by atoms with Crippen LogP contribution in [0.5, 0.6) is 5.75 Å². The summed E-state index contributed by atoms with van der Waals surface area (Å²) < 4.78 is 7.10. The maximum atomic E-state index is 12.9. The molecule has 7 N–H and O–H groups in total. The Morgan fingerprint density at radius 2 is 1.87 bits per heavy atom. The van der Waals surface area contributed by atoms with Crippen LogP contribution in [0.25, 0.3) is 22.4 Å². The van der Waals surface area contributed by atoms with Crippen LogP contribution in [0.2, 0.25) is 0 Å². The SMILES string of the molecule is COc1ccc(-c2nc3cc(C(=O)NCCc4ccccn4)ccc3n2[C@H](CCCN=C(N)N)C(N)=O)cc1. The number of hydrogen-bond donors (Lipinski definition) is 4. The lowest BCUT2D eigenvalue weighted by Crippen LogP contribution is -2.28. The van der Waals surface area contributed by atoms with E-state index in [0.29, 0.717) is 60.5 Å². The summed E-state index contributed by atoms with van der Waals surface area (Å²) in [7, 11) is 1.59. The van der Waals surface area contributed by atoms with Crippen molar-refractivity contribution in [1.29, 1.82) is 0 Å². The molecule has 2 aromatic heterocycles. The fourth-order valence-electron chi connectivity index (χ4n) is 4.34. The van der Waals surface area contributed by atoms with Gasteiger partial charge in [-0.1, -0.05) is 6.07 Å². The third kappa shape index (κ3) is 6.69. The summed E-state index contributed by atoms with van der Waals surface area (Å²) in [6, 6.07) is 17.5. The van der Waals surface area contributed by atoms with Gasteiger partial charge in [-0.15, -0.1) is 0 Å². The van der Waals surface area contributed by atoms with Crippen LogP contribution >= 0.6 is 0 Å². The first-order valence-corrected chi connectivity index (χ1v) is 12.6.